The molecule has 0 unspecified atom stereocenters. The van der Waals surface area contributed by atoms with Gasteiger partial charge >= 0.3 is 0 Å². The van der Waals surface area contributed by atoms with Crippen molar-refractivity contribution in [2.24, 2.45) is 0 Å². The van der Waals surface area contributed by atoms with Crippen molar-refractivity contribution in [3.05, 3.63) is 24.3 Å². The van der Waals surface area contributed by atoms with Crippen molar-refractivity contribution in [2.75, 3.05) is 0 Å². The van der Waals surface area contributed by atoms with Crippen LogP contribution in [0.1, 0.15) is 78.1 Å². The average molecular weight is 324 g/mol. The molecule has 4 heteroatoms. The first kappa shape index (κ1) is 23.5. The number of unbranched alkanes of at least 4 members (excludes halogenated alkanes) is 8. The molecule has 0 saturated heterocycles. The zero-order chi connectivity index (χ0) is 17.1. The van der Waals surface area contributed by atoms with Crippen LogP contribution in [0.3, 0.4) is 0 Å². The van der Waals surface area contributed by atoms with Gasteiger partial charge in [-0.2, -0.15) is 0 Å². The van der Waals surface area contributed by atoms with E-state index >= 15 is 0 Å². The second-order valence-corrected chi connectivity index (χ2v) is 5.22. The summed E-state index contributed by atoms with van der Waals surface area (Å²) in [5.41, 5.74) is 0. The van der Waals surface area contributed by atoms with Crippen LogP contribution in [0.15, 0.2) is 24.3 Å². The van der Waals surface area contributed by atoms with Gasteiger partial charge < -0.3 is 0 Å². The van der Waals surface area contributed by atoms with Gasteiger partial charge in [-0.05, 0) is 37.8 Å². The lowest BCUT2D eigenvalue weighted by Gasteiger charge is -1.93. The van der Waals surface area contributed by atoms with E-state index in [2.05, 4.69) is 13.8 Å². The number of rotatable bonds is 12. The second kappa shape index (κ2) is 20.2. The number of allylic oxidation sites excluding steroid dienone is 4. The fraction of sp³-hybridized carbons (Fsp3) is 0.778. The Balaban J connectivity index is 0. The SMILES string of the molecule is CCCCCC/C=C/C(F)F.CCCCCC/C=C\C(F)F. The van der Waals surface area contributed by atoms with Gasteiger partial charge in [0.25, 0.3) is 12.9 Å². The Labute approximate surface area is 133 Å². The van der Waals surface area contributed by atoms with Crippen molar-refractivity contribution in [3.8, 4) is 0 Å². The standard InChI is InChI=1S/2C9H16F2/c2*1-2-3-4-5-6-7-8-9(10)11/h2*7-9H,2-6H2,1H3/b8-7+;8-7-. The highest BCUT2D eigenvalue weighted by Gasteiger charge is 1.92. The molecular weight excluding hydrogens is 292 g/mol. The summed E-state index contributed by atoms with van der Waals surface area (Å²) in [6.45, 7) is 4.27. The van der Waals surface area contributed by atoms with Crippen molar-refractivity contribution in [1.29, 1.82) is 0 Å². The summed E-state index contributed by atoms with van der Waals surface area (Å²) >= 11 is 0. The van der Waals surface area contributed by atoms with E-state index in [0.29, 0.717) is 0 Å². The molecule has 0 aliphatic carbocycles. The highest BCUT2D eigenvalue weighted by atomic mass is 19.3. The molecule has 0 aromatic carbocycles. The fourth-order valence-corrected chi connectivity index (χ4v) is 1.78. The minimum absolute atomic E-state index is 0.796. The lowest BCUT2D eigenvalue weighted by Crippen LogP contribution is -1.80. The second-order valence-electron chi connectivity index (χ2n) is 5.22. The van der Waals surface area contributed by atoms with Crippen LogP contribution in [0.2, 0.25) is 0 Å². The van der Waals surface area contributed by atoms with Gasteiger partial charge in [-0.3, -0.25) is 0 Å². The third-order valence-electron chi connectivity index (χ3n) is 3.01. The summed E-state index contributed by atoms with van der Waals surface area (Å²) in [4.78, 5) is 0. The fourth-order valence-electron chi connectivity index (χ4n) is 1.78. The average Bonchev–Trinajstić information content (AvgIpc) is 2.46. The molecule has 0 amide bonds. The number of alkyl halides is 4. The van der Waals surface area contributed by atoms with Crippen LogP contribution in [-0.4, -0.2) is 12.9 Å². The number of hydrogen-bond donors (Lipinski definition) is 0. The Morgan fingerprint density at radius 2 is 0.955 bits per heavy atom. The van der Waals surface area contributed by atoms with E-state index < -0.39 is 12.9 Å². The lowest BCUT2D eigenvalue weighted by molar-refractivity contribution is 0.203. The van der Waals surface area contributed by atoms with Crippen LogP contribution in [0, 0.1) is 0 Å². The maximum Gasteiger partial charge on any atom is 0.257 e. The molecule has 0 nitrogen and oxygen atoms in total. The number of halogens is 4. The third kappa shape index (κ3) is 27.5. The molecule has 0 aliphatic rings. The van der Waals surface area contributed by atoms with E-state index in [1.807, 2.05) is 0 Å². The first-order valence-corrected chi connectivity index (χ1v) is 8.44. The minimum Gasteiger partial charge on any atom is -0.206 e. The maximum absolute atomic E-state index is 11.5. The Kier molecular flexibility index (Phi) is 21.5. The molecule has 0 aliphatic heterocycles. The monoisotopic (exact) mass is 324 g/mol. The summed E-state index contributed by atoms with van der Waals surface area (Å²) in [6.07, 6.45) is 11.3. The van der Waals surface area contributed by atoms with Crippen molar-refractivity contribution < 1.29 is 17.6 Å². The molecule has 0 aromatic heterocycles. The largest absolute Gasteiger partial charge is 0.257 e. The van der Waals surface area contributed by atoms with Crippen molar-refractivity contribution in [3.63, 3.8) is 0 Å². The summed E-state index contributed by atoms with van der Waals surface area (Å²) in [7, 11) is 0. The molecule has 132 valence electrons. The molecule has 0 aromatic rings. The normalized spacial score (nSPS) is 11.6. The Morgan fingerprint density at radius 3 is 1.23 bits per heavy atom. The zero-order valence-electron chi connectivity index (χ0n) is 14.0. The van der Waals surface area contributed by atoms with E-state index in [-0.39, 0.29) is 0 Å². The molecule has 0 bridgehead atoms. The van der Waals surface area contributed by atoms with Gasteiger partial charge in [0.15, 0.2) is 0 Å². The van der Waals surface area contributed by atoms with E-state index in [4.69, 9.17) is 0 Å². The molecule has 0 spiro atoms. The predicted octanol–water partition coefficient (Wildman–Crippen LogP) is 7.56. The Morgan fingerprint density at radius 1 is 0.591 bits per heavy atom. The lowest BCUT2D eigenvalue weighted by atomic mass is 10.1. The predicted molar refractivity (Wildman–Crippen MR) is 87.8 cm³/mol. The van der Waals surface area contributed by atoms with E-state index in [1.165, 1.54) is 25.7 Å². The molecule has 0 fully saturated rings. The molecule has 0 saturated carbocycles. The van der Waals surface area contributed by atoms with Crippen LogP contribution in [0.4, 0.5) is 17.6 Å². The summed E-state index contributed by atoms with van der Waals surface area (Å²) in [5, 5.41) is 0. The highest BCUT2D eigenvalue weighted by molar-refractivity contribution is 4.84. The topological polar surface area (TPSA) is 0 Å². The Hall–Kier alpha value is -0.800. The molecule has 0 N–H and O–H groups in total. The highest BCUT2D eigenvalue weighted by Crippen LogP contribution is 2.05. The van der Waals surface area contributed by atoms with Crippen molar-refractivity contribution >= 4 is 0 Å². The molecule has 0 heterocycles. The van der Waals surface area contributed by atoms with Crippen molar-refractivity contribution in [2.45, 2.75) is 90.9 Å². The van der Waals surface area contributed by atoms with Gasteiger partial charge in [0, 0.05) is 0 Å². The maximum atomic E-state index is 11.5. The summed E-state index contributed by atoms with van der Waals surface area (Å²) in [6, 6.07) is 0. The first-order chi connectivity index (χ1) is 10.5. The molecular formula is C18H32F4. The van der Waals surface area contributed by atoms with Crippen LogP contribution in [-0.2, 0) is 0 Å². The molecule has 0 radical (unpaired) electrons. The smallest absolute Gasteiger partial charge is 0.206 e. The third-order valence-corrected chi connectivity index (χ3v) is 3.01. The van der Waals surface area contributed by atoms with Crippen LogP contribution in [0.25, 0.3) is 0 Å². The quantitative estimate of drug-likeness (QED) is 0.197. The Bertz CT molecular complexity index is 221. The molecule has 0 atom stereocenters. The van der Waals surface area contributed by atoms with Gasteiger partial charge in [0.2, 0.25) is 0 Å². The van der Waals surface area contributed by atoms with Crippen LogP contribution in [0.5, 0.6) is 0 Å². The van der Waals surface area contributed by atoms with Crippen LogP contribution < -0.4 is 0 Å². The summed E-state index contributed by atoms with van der Waals surface area (Å²) in [5.74, 6) is 0. The van der Waals surface area contributed by atoms with Gasteiger partial charge in [0.1, 0.15) is 0 Å². The number of hydrogen-bond acceptors (Lipinski definition) is 0. The van der Waals surface area contributed by atoms with E-state index in [0.717, 1.165) is 50.7 Å². The minimum atomic E-state index is -2.28. The van der Waals surface area contributed by atoms with E-state index in [1.54, 1.807) is 12.2 Å². The molecule has 22 heavy (non-hydrogen) atoms. The summed E-state index contributed by atoms with van der Waals surface area (Å²) < 4.78 is 46.1. The molecule has 0 rings (SSSR count). The van der Waals surface area contributed by atoms with E-state index in [9.17, 15) is 17.6 Å². The van der Waals surface area contributed by atoms with Gasteiger partial charge in [-0.1, -0.05) is 64.5 Å². The van der Waals surface area contributed by atoms with Crippen LogP contribution >= 0.6 is 0 Å². The van der Waals surface area contributed by atoms with Gasteiger partial charge in [0.05, 0.1) is 0 Å². The van der Waals surface area contributed by atoms with Crippen molar-refractivity contribution in [1.82, 2.24) is 0 Å². The first-order valence-electron chi connectivity index (χ1n) is 8.44. The van der Waals surface area contributed by atoms with Gasteiger partial charge in [-0.25, -0.2) is 17.6 Å². The van der Waals surface area contributed by atoms with Gasteiger partial charge in [-0.15, -0.1) is 0 Å². The zero-order valence-corrected chi connectivity index (χ0v) is 14.0.